The molecule has 116 heavy (non-hydrogen) atoms. The molecule has 0 saturated heterocycles. The highest BCUT2D eigenvalue weighted by molar-refractivity contribution is 5.44. The van der Waals surface area contributed by atoms with Crippen LogP contribution in [0.1, 0.15) is 241 Å². The fourth-order valence-electron chi connectivity index (χ4n) is 15.3. The van der Waals surface area contributed by atoms with Crippen molar-refractivity contribution in [2.45, 2.75) is 287 Å². The SMILES string of the molecule is Cc1cc(F)c2c(c1)C(F)(F)OC(C)C2.Cc1cc(F)c2c(c1)COC(C)(F)C2.Cc1cc(F)c2c(c1)COC(C)C2.Cc1cc(F)c2c(c1)COC(C)C2(F)F.Cc1ccc2c(c1)C(C)OC(C)(F)C2(F)F.Cc1ccc2c(c1)C(C)OC(C)C2.Cc1ccc2c(c1)C(C)OC(C)C2(F)F.Cc1ccc2c(c1)C(F)(F)OC(C)C2C. The maximum absolute atomic E-state index is 13.8. The Morgan fingerprint density at radius 1 is 0.336 bits per heavy atom. The average Bonchev–Trinajstić information content (AvgIpc) is 0.749. The van der Waals surface area contributed by atoms with Crippen molar-refractivity contribution in [1.82, 2.24) is 0 Å². The normalized spacial score (nSPS) is 26.5. The summed E-state index contributed by atoms with van der Waals surface area (Å²) in [6.45, 7) is 34.8. The van der Waals surface area contributed by atoms with Gasteiger partial charge >= 0.3 is 24.1 Å². The van der Waals surface area contributed by atoms with Gasteiger partial charge in [-0.25, -0.2) is 26.3 Å². The Labute approximate surface area is 669 Å². The number of halogens is 16. The zero-order valence-electron chi connectivity index (χ0n) is 69.1. The van der Waals surface area contributed by atoms with Gasteiger partial charge in [0, 0.05) is 48.8 Å². The Balaban J connectivity index is 0.000000152. The van der Waals surface area contributed by atoms with Crippen molar-refractivity contribution in [2.24, 2.45) is 0 Å². The van der Waals surface area contributed by atoms with E-state index in [9.17, 15) is 70.2 Å². The summed E-state index contributed by atoms with van der Waals surface area (Å²) in [4.78, 5) is 0. The lowest BCUT2D eigenvalue weighted by atomic mass is 9.88. The van der Waals surface area contributed by atoms with Crippen LogP contribution in [-0.4, -0.2) is 48.3 Å². The third-order valence-electron chi connectivity index (χ3n) is 21.6. The first-order valence-electron chi connectivity index (χ1n) is 38.8. The van der Waals surface area contributed by atoms with Crippen LogP contribution >= 0.6 is 0 Å². The first-order valence-corrected chi connectivity index (χ1v) is 38.8. The predicted octanol–water partition coefficient (Wildman–Crippen LogP) is 25.8. The maximum Gasteiger partial charge on any atom is 0.383 e. The van der Waals surface area contributed by atoms with Crippen LogP contribution in [0.5, 0.6) is 0 Å². The van der Waals surface area contributed by atoms with Crippen LogP contribution in [0.25, 0.3) is 0 Å². The first-order chi connectivity index (χ1) is 53.7. The monoisotopic (exact) mass is 1640 g/mol. The summed E-state index contributed by atoms with van der Waals surface area (Å²) in [5.74, 6) is -16.2. The van der Waals surface area contributed by atoms with Crippen molar-refractivity contribution in [2.75, 3.05) is 0 Å². The van der Waals surface area contributed by atoms with E-state index in [1.165, 1.54) is 86.8 Å². The van der Waals surface area contributed by atoms with Gasteiger partial charge in [0.25, 0.3) is 11.8 Å². The van der Waals surface area contributed by atoms with Gasteiger partial charge in [-0.2, -0.15) is 43.9 Å². The molecule has 0 amide bonds. The lowest BCUT2D eigenvalue weighted by Gasteiger charge is -2.39. The van der Waals surface area contributed by atoms with E-state index in [4.69, 9.17) is 33.2 Å². The van der Waals surface area contributed by atoms with Gasteiger partial charge in [-0.05, 0) is 245 Å². The van der Waals surface area contributed by atoms with Crippen molar-refractivity contribution in [3.8, 4) is 0 Å². The number of hydrogen-bond acceptors (Lipinski definition) is 8. The Bertz CT molecular complexity index is 4810. The summed E-state index contributed by atoms with van der Waals surface area (Å²) in [7, 11) is 0. The van der Waals surface area contributed by atoms with Gasteiger partial charge < -0.3 is 37.9 Å². The molecule has 0 fully saturated rings. The van der Waals surface area contributed by atoms with Gasteiger partial charge in [-0.15, -0.1) is 0 Å². The second-order valence-electron chi connectivity index (χ2n) is 32.1. The minimum absolute atomic E-state index is 0.00551. The van der Waals surface area contributed by atoms with Gasteiger partial charge in [0.1, 0.15) is 35.5 Å². The second-order valence-corrected chi connectivity index (χ2v) is 32.1. The zero-order valence-corrected chi connectivity index (χ0v) is 69.1. The van der Waals surface area contributed by atoms with E-state index in [-0.39, 0.29) is 95.3 Å². The molecular weight excluding hydrogens is 1540 g/mol. The van der Waals surface area contributed by atoms with Crippen LogP contribution in [0.2, 0.25) is 0 Å². The van der Waals surface area contributed by atoms with Crippen molar-refractivity contribution >= 4 is 0 Å². The van der Waals surface area contributed by atoms with Crippen molar-refractivity contribution in [3.05, 3.63) is 278 Å². The number of rotatable bonds is 0. The highest BCUT2D eigenvalue weighted by atomic mass is 19.3. The minimum Gasteiger partial charge on any atom is -0.373 e. The highest BCUT2D eigenvalue weighted by Crippen LogP contribution is 2.52. The number of ether oxygens (including phenoxy) is 8. The molecule has 8 aliphatic rings. The van der Waals surface area contributed by atoms with Crippen molar-refractivity contribution in [1.29, 1.82) is 0 Å². The van der Waals surface area contributed by atoms with E-state index in [2.05, 4.69) is 43.7 Å². The number of benzene rings is 8. The highest BCUT2D eigenvalue weighted by Gasteiger charge is 2.59. The standard InChI is InChI=1S/C12H13F3O.2C12H14F2O.C12H16O.2C11H11F3O.C11H12F2O.C11H13FO/c1-7-4-5-10-9(6-7)8(2)16-11(3,13)12(10,14)15;1-7-4-5-11-10(6-7)8(2)15-9(3)12(11,13)14;1-7-4-5-10-8(2)9(3)15-12(13,14)11(10)6-7;1-8-4-5-11-7-9(2)13-10(3)12(11)6-8;1-6-3-8-5-15-7(2)11(13,14)10(8)9(12)4-6;1-6-3-9-8(10(12)4-6)5-7(2)15-11(9,13)14;1-7-3-8-6-14-11(2,13)5-9(8)10(12)4-7;1-7-3-9-6-13-8(2)5-10(9)11(12)4-7/h4-6,8H,1-3H3;2*4-6,8-9H,1-3H3;4-6,9-10H,7H2,1-3H3;2*3-4,7H,5H2,1-2H3;3-4H,5-6H2,1-2H3;3-4,8H,5-6H2,1-2H3. The molecule has 632 valence electrons. The van der Waals surface area contributed by atoms with Crippen LogP contribution in [-0.2, 0) is 113 Å². The summed E-state index contributed by atoms with van der Waals surface area (Å²) in [5, 5.41) is 0. The molecule has 12 atom stereocenters. The molecule has 0 aromatic heterocycles. The molecule has 24 heteroatoms. The van der Waals surface area contributed by atoms with Gasteiger partial charge in [0.2, 0.25) is 5.85 Å². The smallest absolute Gasteiger partial charge is 0.373 e. The van der Waals surface area contributed by atoms with Gasteiger partial charge in [-0.1, -0.05) is 114 Å². The second kappa shape index (κ2) is 36.1. The molecule has 8 aromatic carbocycles. The third-order valence-corrected chi connectivity index (χ3v) is 21.6. The molecule has 0 saturated carbocycles. The minimum atomic E-state index is -3.61. The quantitative estimate of drug-likeness (QED) is 0.139. The third kappa shape index (κ3) is 21.3. The van der Waals surface area contributed by atoms with Gasteiger partial charge in [0.15, 0.2) is 0 Å². The molecule has 8 aliphatic heterocycles. The largest absolute Gasteiger partial charge is 0.383 e. The number of fused-ring (bicyclic) bond motifs is 8. The van der Waals surface area contributed by atoms with Gasteiger partial charge in [-0.3, -0.25) is 0 Å². The molecule has 0 N–H and O–H groups in total. The summed E-state index contributed by atoms with van der Waals surface area (Å²) in [5.41, 5.74) is 13.8. The first kappa shape index (κ1) is 92.2. The fourth-order valence-corrected chi connectivity index (χ4v) is 15.3. The predicted molar refractivity (Wildman–Crippen MR) is 413 cm³/mol. The maximum atomic E-state index is 13.8. The van der Waals surface area contributed by atoms with E-state index in [1.54, 1.807) is 77.9 Å². The molecular formula is C92H104F16O8. The summed E-state index contributed by atoms with van der Waals surface area (Å²) >= 11 is 0. The van der Waals surface area contributed by atoms with Crippen LogP contribution in [0.4, 0.5) is 70.2 Å². The molecule has 0 spiro atoms. The Morgan fingerprint density at radius 2 is 0.802 bits per heavy atom. The molecule has 12 unspecified atom stereocenters. The lowest BCUT2D eigenvalue weighted by molar-refractivity contribution is -0.303. The molecule has 8 aromatic rings. The fraction of sp³-hybridized carbons (Fsp3) is 0.478. The van der Waals surface area contributed by atoms with Crippen molar-refractivity contribution in [3.63, 3.8) is 0 Å². The summed E-state index contributed by atoms with van der Waals surface area (Å²) < 4.78 is 258. The molecule has 8 heterocycles. The van der Waals surface area contributed by atoms with E-state index >= 15 is 0 Å². The number of alkyl halides is 12. The number of aryl methyl sites for hydroxylation is 8. The molecule has 16 rings (SSSR count). The topological polar surface area (TPSA) is 73.8 Å². The summed E-state index contributed by atoms with van der Waals surface area (Å²) in [6.07, 6.45) is -8.17. The molecule has 8 nitrogen and oxygen atoms in total. The molecule has 0 radical (unpaired) electrons. The van der Waals surface area contributed by atoms with E-state index < -0.39 is 89.4 Å². The van der Waals surface area contributed by atoms with Crippen molar-refractivity contribution < 1.29 is 108 Å². The van der Waals surface area contributed by atoms with Crippen LogP contribution in [0, 0.1) is 78.7 Å². The van der Waals surface area contributed by atoms with E-state index in [0.29, 0.717) is 52.5 Å². The lowest BCUT2D eigenvalue weighted by Crippen LogP contribution is -2.46. The molecule has 0 bridgehead atoms. The average molecular weight is 1640 g/mol. The molecule has 0 aliphatic carbocycles. The van der Waals surface area contributed by atoms with Gasteiger partial charge in [0.05, 0.1) is 79.2 Å². The Hall–Kier alpha value is -7.68. The van der Waals surface area contributed by atoms with Crippen LogP contribution in [0.3, 0.4) is 0 Å². The van der Waals surface area contributed by atoms with Crippen LogP contribution < -0.4 is 0 Å². The van der Waals surface area contributed by atoms with E-state index in [1.807, 2.05) is 59.7 Å². The Kier molecular flexibility index (Phi) is 28.7. The zero-order chi connectivity index (χ0) is 86.2. The number of hydrogen-bond donors (Lipinski definition) is 0. The van der Waals surface area contributed by atoms with Crippen LogP contribution in [0.15, 0.2) is 121 Å². The van der Waals surface area contributed by atoms with E-state index in [0.717, 1.165) is 63.9 Å². The summed E-state index contributed by atoms with van der Waals surface area (Å²) in [6, 6.07) is 33.4. The Morgan fingerprint density at radius 3 is 1.41 bits per heavy atom.